The molecule has 0 aromatic heterocycles. The minimum Gasteiger partial charge on any atom is -0.314 e. The molecule has 1 nitrogen and oxygen atoms in total. The van der Waals surface area contributed by atoms with Gasteiger partial charge < -0.3 is 5.32 Å². The summed E-state index contributed by atoms with van der Waals surface area (Å²) in [5, 5.41) is 3.44. The fourth-order valence-electron chi connectivity index (χ4n) is 1.34. The van der Waals surface area contributed by atoms with Crippen molar-refractivity contribution in [3.63, 3.8) is 0 Å². The molecule has 2 unspecified atom stereocenters. The molecule has 0 bridgehead atoms. The number of hydrogen-bond acceptors (Lipinski definition) is 1. The van der Waals surface area contributed by atoms with Gasteiger partial charge in [0.25, 0.3) is 0 Å². The molecule has 0 aliphatic rings. The van der Waals surface area contributed by atoms with Crippen LogP contribution in [0.1, 0.15) is 34.1 Å². The maximum absolute atomic E-state index is 5.82. The van der Waals surface area contributed by atoms with Crippen molar-refractivity contribution in [2.75, 3.05) is 6.54 Å². The van der Waals surface area contributed by atoms with Crippen LogP contribution in [0.4, 0.5) is 0 Å². The van der Waals surface area contributed by atoms with Crippen molar-refractivity contribution in [1.82, 2.24) is 5.32 Å². The molecule has 2 heteroatoms. The Morgan fingerprint density at radius 1 is 1.27 bits per heavy atom. The molecule has 0 saturated heterocycles. The number of hydrogen-bond donors (Lipinski definition) is 1. The average Bonchev–Trinajstić information content (AvgIpc) is 1.87. The van der Waals surface area contributed by atoms with E-state index in [9.17, 15) is 0 Å². The lowest BCUT2D eigenvalue weighted by Crippen LogP contribution is -2.37. The molecule has 0 aliphatic heterocycles. The fourth-order valence-corrected chi connectivity index (χ4v) is 1.34. The first-order valence-corrected chi connectivity index (χ1v) is 4.58. The van der Waals surface area contributed by atoms with Crippen molar-refractivity contribution in [1.29, 1.82) is 0 Å². The molecule has 11 heavy (non-hydrogen) atoms. The minimum atomic E-state index is 0.251. The lowest BCUT2D eigenvalue weighted by molar-refractivity contribution is 0.390. The quantitative estimate of drug-likeness (QED) is 0.595. The van der Waals surface area contributed by atoms with Crippen LogP contribution in [-0.4, -0.2) is 20.4 Å². The first kappa shape index (κ1) is 11.0. The van der Waals surface area contributed by atoms with Gasteiger partial charge in [-0.2, -0.15) is 0 Å². The molecule has 64 valence electrons. The normalized spacial score (nSPS) is 16.8. The van der Waals surface area contributed by atoms with Crippen molar-refractivity contribution in [3.8, 4) is 0 Å². The SMILES string of the molecule is [B]C(C)C(NCCC)C(C)C. The molecule has 2 atom stereocenters. The third-order valence-corrected chi connectivity index (χ3v) is 1.91. The van der Waals surface area contributed by atoms with Gasteiger partial charge >= 0.3 is 0 Å². The summed E-state index contributed by atoms with van der Waals surface area (Å²) in [6.45, 7) is 9.72. The molecule has 0 amide bonds. The Morgan fingerprint density at radius 3 is 2.09 bits per heavy atom. The molecule has 0 heterocycles. The third-order valence-electron chi connectivity index (χ3n) is 1.91. The van der Waals surface area contributed by atoms with Crippen molar-refractivity contribution in [3.05, 3.63) is 0 Å². The molecule has 0 aromatic rings. The zero-order chi connectivity index (χ0) is 8.85. The maximum atomic E-state index is 5.82. The van der Waals surface area contributed by atoms with E-state index in [-0.39, 0.29) is 5.82 Å². The first-order chi connectivity index (χ1) is 5.09. The summed E-state index contributed by atoms with van der Waals surface area (Å²) in [4.78, 5) is 0. The van der Waals surface area contributed by atoms with Crippen LogP contribution in [0.15, 0.2) is 0 Å². The summed E-state index contributed by atoms with van der Waals surface area (Å²) in [5.74, 6) is 0.878. The second kappa shape index (κ2) is 5.65. The highest BCUT2D eigenvalue weighted by Gasteiger charge is 2.14. The van der Waals surface area contributed by atoms with Crippen LogP contribution in [0.3, 0.4) is 0 Å². The lowest BCUT2D eigenvalue weighted by Gasteiger charge is -2.26. The van der Waals surface area contributed by atoms with E-state index in [1.165, 1.54) is 6.42 Å². The Kier molecular flexibility index (Phi) is 5.66. The van der Waals surface area contributed by atoms with E-state index in [0.29, 0.717) is 12.0 Å². The van der Waals surface area contributed by atoms with E-state index >= 15 is 0 Å². The Bertz CT molecular complexity index is 83.6. The van der Waals surface area contributed by atoms with Gasteiger partial charge in [0.15, 0.2) is 0 Å². The van der Waals surface area contributed by atoms with Gasteiger partial charge in [0, 0.05) is 6.04 Å². The Labute approximate surface area is 72.4 Å². The van der Waals surface area contributed by atoms with Gasteiger partial charge in [-0.15, -0.1) is 0 Å². The van der Waals surface area contributed by atoms with Crippen LogP contribution in [-0.2, 0) is 0 Å². The van der Waals surface area contributed by atoms with E-state index in [1.807, 2.05) is 0 Å². The molecule has 0 rings (SSSR count). The summed E-state index contributed by atoms with van der Waals surface area (Å²) in [5.41, 5.74) is 0. The molecule has 1 N–H and O–H groups in total. The molecule has 0 spiro atoms. The third kappa shape index (κ3) is 4.46. The predicted octanol–water partition coefficient (Wildman–Crippen LogP) is 1.99. The number of rotatable bonds is 5. The summed E-state index contributed by atoms with van der Waals surface area (Å²) in [7, 11) is 5.82. The van der Waals surface area contributed by atoms with Crippen LogP contribution in [0.2, 0.25) is 5.82 Å². The highest BCUT2D eigenvalue weighted by Crippen LogP contribution is 2.13. The summed E-state index contributed by atoms with van der Waals surface area (Å²) >= 11 is 0. The Balaban J connectivity index is 3.70. The molecular formula is C9H20BN. The van der Waals surface area contributed by atoms with Gasteiger partial charge in [0.1, 0.15) is 0 Å². The van der Waals surface area contributed by atoms with Crippen LogP contribution < -0.4 is 5.32 Å². The highest BCUT2D eigenvalue weighted by molar-refractivity contribution is 6.11. The lowest BCUT2D eigenvalue weighted by atomic mass is 9.78. The minimum absolute atomic E-state index is 0.251. The zero-order valence-corrected chi connectivity index (χ0v) is 8.22. The maximum Gasteiger partial charge on any atom is 0.0717 e. The van der Waals surface area contributed by atoms with Gasteiger partial charge in [-0.25, -0.2) is 0 Å². The van der Waals surface area contributed by atoms with Crippen LogP contribution in [0.25, 0.3) is 0 Å². The molecule has 0 saturated carbocycles. The van der Waals surface area contributed by atoms with E-state index in [0.717, 1.165) is 6.54 Å². The van der Waals surface area contributed by atoms with Crippen LogP contribution in [0.5, 0.6) is 0 Å². The van der Waals surface area contributed by atoms with Gasteiger partial charge in [0.05, 0.1) is 7.85 Å². The van der Waals surface area contributed by atoms with Gasteiger partial charge in [0.2, 0.25) is 0 Å². The summed E-state index contributed by atoms with van der Waals surface area (Å²) in [6.07, 6.45) is 1.18. The Hall–Kier alpha value is 0.0249. The zero-order valence-electron chi connectivity index (χ0n) is 8.22. The molecule has 0 fully saturated rings. The fraction of sp³-hybridized carbons (Fsp3) is 1.00. The van der Waals surface area contributed by atoms with Gasteiger partial charge in [-0.3, -0.25) is 0 Å². The van der Waals surface area contributed by atoms with Crippen molar-refractivity contribution in [2.24, 2.45) is 5.92 Å². The van der Waals surface area contributed by atoms with E-state index < -0.39 is 0 Å². The predicted molar refractivity (Wildman–Crippen MR) is 52.1 cm³/mol. The highest BCUT2D eigenvalue weighted by atomic mass is 14.9. The van der Waals surface area contributed by atoms with E-state index in [2.05, 4.69) is 33.0 Å². The standard InChI is InChI=1S/C9H20BN/c1-5-6-11-9(7(2)3)8(4)10/h7-9,11H,5-6H2,1-4H3. The van der Waals surface area contributed by atoms with Crippen molar-refractivity contribution >= 4 is 7.85 Å². The Morgan fingerprint density at radius 2 is 1.82 bits per heavy atom. The summed E-state index contributed by atoms with van der Waals surface area (Å²) in [6, 6.07) is 0.468. The molecule has 2 radical (unpaired) electrons. The smallest absolute Gasteiger partial charge is 0.0717 e. The first-order valence-electron chi connectivity index (χ1n) is 4.58. The van der Waals surface area contributed by atoms with Crippen molar-refractivity contribution < 1.29 is 0 Å². The van der Waals surface area contributed by atoms with Crippen LogP contribution >= 0.6 is 0 Å². The molecular weight excluding hydrogens is 133 g/mol. The second-order valence-corrected chi connectivity index (χ2v) is 3.58. The largest absolute Gasteiger partial charge is 0.314 e. The van der Waals surface area contributed by atoms with Gasteiger partial charge in [-0.05, 0) is 18.9 Å². The topological polar surface area (TPSA) is 12.0 Å². The van der Waals surface area contributed by atoms with Crippen LogP contribution in [0, 0.1) is 5.92 Å². The van der Waals surface area contributed by atoms with Crippen molar-refractivity contribution in [2.45, 2.75) is 46.0 Å². The van der Waals surface area contributed by atoms with E-state index in [1.54, 1.807) is 0 Å². The monoisotopic (exact) mass is 153 g/mol. The van der Waals surface area contributed by atoms with E-state index in [4.69, 9.17) is 7.85 Å². The van der Waals surface area contributed by atoms with Gasteiger partial charge in [-0.1, -0.05) is 33.5 Å². The number of nitrogens with one attached hydrogen (secondary N) is 1. The average molecular weight is 153 g/mol. The summed E-state index contributed by atoms with van der Waals surface area (Å²) < 4.78 is 0. The molecule has 0 aromatic carbocycles. The molecule has 0 aliphatic carbocycles. The second-order valence-electron chi connectivity index (χ2n) is 3.58.